The summed E-state index contributed by atoms with van der Waals surface area (Å²) in [6.07, 6.45) is 1.59. The van der Waals surface area contributed by atoms with Crippen molar-refractivity contribution in [3.8, 4) is 0 Å². The van der Waals surface area contributed by atoms with Gasteiger partial charge in [-0.05, 0) is 20.4 Å². The third-order valence-electron chi connectivity index (χ3n) is 2.29. The fourth-order valence-electron chi connectivity index (χ4n) is 1.40. The highest BCUT2D eigenvalue weighted by molar-refractivity contribution is 7.99. The number of ether oxygens (including phenoxy) is 1. The van der Waals surface area contributed by atoms with E-state index < -0.39 is 5.54 Å². The van der Waals surface area contributed by atoms with Crippen LogP contribution in [0.25, 0.3) is 0 Å². The first-order valence-electron chi connectivity index (χ1n) is 5.40. The molecule has 96 valence electrons. The summed E-state index contributed by atoms with van der Waals surface area (Å²) in [7, 11) is 1.39. The maximum absolute atomic E-state index is 11.7. The number of esters is 1. The lowest BCUT2D eigenvalue weighted by molar-refractivity contribution is -0.146. The Morgan fingerprint density at radius 3 is 2.88 bits per heavy atom. The summed E-state index contributed by atoms with van der Waals surface area (Å²) >= 11 is 1.39. The van der Waals surface area contributed by atoms with Crippen molar-refractivity contribution in [2.45, 2.75) is 31.5 Å². The lowest BCUT2D eigenvalue weighted by Crippen LogP contribution is -2.52. The molecule has 0 bridgehead atoms. The maximum Gasteiger partial charge on any atom is 0.326 e. The molecular weight excluding hydrogens is 240 g/mol. The summed E-state index contributed by atoms with van der Waals surface area (Å²) in [5.41, 5.74) is 0.104. The van der Waals surface area contributed by atoms with Gasteiger partial charge >= 0.3 is 5.97 Å². The van der Waals surface area contributed by atoms with E-state index in [1.54, 1.807) is 6.26 Å². The highest BCUT2D eigenvalue weighted by Crippen LogP contribution is 2.22. The molecule has 0 aliphatic heterocycles. The van der Waals surface area contributed by atoms with Crippen LogP contribution in [0, 0.1) is 6.92 Å². The minimum absolute atomic E-state index is 0.282. The number of carbonyl (C=O) groups is 1. The van der Waals surface area contributed by atoms with Crippen LogP contribution >= 0.6 is 11.8 Å². The first kappa shape index (κ1) is 14.1. The maximum atomic E-state index is 11.7. The number of hydrogen-bond donors (Lipinski definition) is 1. The van der Waals surface area contributed by atoms with E-state index in [0.29, 0.717) is 17.5 Å². The van der Waals surface area contributed by atoms with E-state index in [4.69, 9.17) is 9.15 Å². The Bertz CT molecular complexity index is 381. The summed E-state index contributed by atoms with van der Waals surface area (Å²) in [6, 6.07) is 0. The molecule has 1 aromatic heterocycles. The molecule has 1 unspecified atom stereocenters. The molecule has 0 saturated heterocycles. The van der Waals surface area contributed by atoms with E-state index in [0.717, 1.165) is 5.69 Å². The van der Waals surface area contributed by atoms with Crippen molar-refractivity contribution >= 4 is 17.7 Å². The first-order chi connectivity index (χ1) is 8.01. The van der Waals surface area contributed by atoms with Gasteiger partial charge in [0.15, 0.2) is 0 Å². The molecule has 1 N–H and O–H groups in total. The van der Waals surface area contributed by atoms with E-state index in [-0.39, 0.29) is 5.97 Å². The van der Waals surface area contributed by atoms with Crippen molar-refractivity contribution in [1.82, 2.24) is 10.3 Å². The van der Waals surface area contributed by atoms with Crippen LogP contribution in [0.5, 0.6) is 0 Å². The molecule has 1 aromatic rings. The molecule has 0 spiro atoms. The second kappa shape index (κ2) is 6.07. The second-order valence-corrected chi connectivity index (χ2v) is 4.82. The largest absolute Gasteiger partial charge is 0.468 e. The van der Waals surface area contributed by atoms with E-state index in [2.05, 4.69) is 10.3 Å². The molecule has 1 rings (SSSR count). The van der Waals surface area contributed by atoms with Crippen molar-refractivity contribution in [3.05, 3.63) is 12.0 Å². The third kappa shape index (κ3) is 3.74. The Labute approximate surface area is 105 Å². The standard InChI is InChI=1S/C11H18N2O3S/c1-5-12-11(3,9(14)15-4)7-17-10-13-8(2)6-16-10/h6,12H,5,7H2,1-4H3. The van der Waals surface area contributed by atoms with Crippen molar-refractivity contribution in [2.75, 3.05) is 19.4 Å². The monoisotopic (exact) mass is 258 g/mol. The zero-order chi connectivity index (χ0) is 12.9. The molecule has 6 heteroatoms. The van der Waals surface area contributed by atoms with E-state index in [1.807, 2.05) is 20.8 Å². The first-order valence-corrected chi connectivity index (χ1v) is 6.38. The average Bonchev–Trinajstić information content (AvgIpc) is 2.72. The van der Waals surface area contributed by atoms with Crippen LogP contribution in [-0.2, 0) is 9.53 Å². The normalized spacial score (nSPS) is 14.4. The third-order valence-corrected chi connectivity index (χ3v) is 3.44. The second-order valence-electron chi connectivity index (χ2n) is 3.90. The molecule has 5 nitrogen and oxygen atoms in total. The summed E-state index contributed by atoms with van der Waals surface area (Å²) in [5.74, 6) is 0.225. The number of likely N-dealkylation sites (N-methyl/N-ethyl adjacent to an activating group) is 1. The SMILES string of the molecule is CCNC(C)(CSc1nc(C)co1)C(=O)OC. The Morgan fingerprint density at radius 2 is 2.41 bits per heavy atom. The number of oxazole rings is 1. The predicted octanol–water partition coefficient (Wildman–Crippen LogP) is 1.62. The van der Waals surface area contributed by atoms with Gasteiger partial charge in [0.1, 0.15) is 11.8 Å². The Hall–Kier alpha value is -1.01. The van der Waals surface area contributed by atoms with Gasteiger partial charge in [0.25, 0.3) is 5.22 Å². The van der Waals surface area contributed by atoms with Gasteiger partial charge in [0.2, 0.25) is 0 Å². The minimum atomic E-state index is -0.726. The van der Waals surface area contributed by atoms with Crippen LogP contribution in [0.3, 0.4) is 0 Å². The van der Waals surface area contributed by atoms with Crippen molar-refractivity contribution in [3.63, 3.8) is 0 Å². The van der Waals surface area contributed by atoms with Gasteiger partial charge in [0.05, 0.1) is 12.8 Å². The topological polar surface area (TPSA) is 64.4 Å². The molecule has 0 aliphatic rings. The van der Waals surface area contributed by atoms with Crippen LogP contribution in [0.4, 0.5) is 0 Å². The highest BCUT2D eigenvalue weighted by Gasteiger charge is 2.34. The molecule has 0 radical (unpaired) electrons. The van der Waals surface area contributed by atoms with Crippen LogP contribution in [-0.4, -0.2) is 35.9 Å². The van der Waals surface area contributed by atoms with Gasteiger partial charge in [-0.15, -0.1) is 0 Å². The molecule has 1 heterocycles. The van der Waals surface area contributed by atoms with Gasteiger partial charge in [0, 0.05) is 5.75 Å². The van der Waals surface area contributed by atoms with Crippen LogP contribution in [0.1, 0.15) is 19.5 Å². The van der Waals surface area contributed by atoms with Crippen molar-refractivity contribution in [2.24, 2.45) is 0 Å². The van der Waals surface area contributed by atoms with Gasteiger partial charge < -0.3 is 14.5 Å². The zero-order valence-corrected chi connectivity index (χ0v) is 11.4. The van der Waals surface area contributed by atoms with E-state index >= 15 is 0 Å². The smallest absolute Gasteiger partial charge is 0.326 e. The molecule has 0 amide bonds. The summed E-state index contributed by atoms with van der Waals surface area (Å²) in [6.45, 7) is 6.31. The van der Waals surface area contributed by atoms with Gasteiger partial charge in [-0.25, -0.2) is 4.98 Å². The molecule has 0 aromatic carbocycles. The number of hydrogen-bond acceptors (Lipinski definition) is 6. The zero-order valence-electron chi connectivity index (χ0n) is 10.6. The van der Waals surface area contributed by atoms with Crippen LogP contribution in [0.15, 0.2) is 15.9 Å². The van der Waals surface area contributed by atoms with Gasteiger partial charge in [-0.2, -0.15) is 0 Å². The number of aromatic nitrogens is 1. The molecule has 0 fully saturated rings. The molecule has 17 heavy (non-hydrogen) atoms. The minimum Gasteiger partial charge on any atom is -0.468 e. The molecule has 0 saturated carbocycles. The number of methoxy groups -OCH3 is 1. The predicted molar refractivity (Wildman–Crippen MR) is 66.1 cm³/mol. The molecule has 0 aliphatic carbocycles. The number of carbonyl (C=O) groups excluding carboxylic acids is 1. The lowest BCUT2D eigenvalue weighted by Gasteiger charge is -2.26. The lowest BCUT2D eigenvalue weighted by atomic mass is 10.1. The number of aryl methyl sites for hydroxylation is 1. The van der Waals surface area contributed by atoms with Crippen molar-refractivity contribution < 1.29 is 13.9 Å². The number of thioether (sulfide) groups is 1. The summed E-state index contributed by atoms with van der Waals surface area (Å²) in [5, 5.41) is 3.69. The summed E-state index contributed by atoms with van der Waals surface area (Å²) in [4.78, 5) is 15.9. The van der Waals surface area contributed by atoms with Gasteiger partial charge in [-0.1, -0.05) is 18.7 Å². The van der Waals surface area contributed by atoms with Crippen LogP contribution in [0.2, 0.25) is 0 Å². The van der Waals surface area contributed by atoms with Crippen molar-refractivity contribution in [1.29, 1.82) is 0 Å². The van der Waals surface area contributed by atoms with Gasteiger partial charge in [-0.3, -0.25) is 4.79 Å². The number of rotatable bonds is 6. The molecule has 1 atom stereocenters. The molecular formula is C11H18N2O3S. The average molecular weight is 258 g/mol. The highest BCUT2D eigenvalue weighted by atomic mass is 32.2. The Kier molecular flexibility index (Phi) is 5.02. The fraction of sp³-hybridized carbons (Fsp3) is 0.636. The fourth-order valence-corrected chi connectivity index (χ4v) is 2.36. The van der Waals surface area contributed by atoms with Crippen LogP contribution < -0.4 is 5.32 Å². The Balaban J connectivity index is 2.64. The number of nitrogens with zero attached hydrogens (tertiary/aromatic N) is 1. The summed E-state index contributed by atoms with van der Waals surface area (Å²) < 4.78 is 10.0. The quantitative estimate of drug-likeness (QED) is 0.618. The van der Waals surface area contributed by atoms with E-state index in [9.17, 15) is 4.79 Å². The number of nitrogens with one attached hydrogen (secondary N) is 1. The Morgan fingerprint density at radius 1 is 1.71 bits per heavy atom. The van der Waals surface area contributed by atoms with E-state index in [1.165, 1.54) is 18.9 Å².